The van der Waals surface area contributed by atoms with Gasteiger partial charge in [-0.1, -0.05) is 25.3 Å². The summed E-state index contributed by atoms with van der Waals surface area (Å²) in [7, 11) is 0. The predicted molar refractivity (Wildman–Crippen MR) is 108 cm³/mol. The van der Waals surface area contributed by atoms with Gasteiger partial charge in [0, 0.05) is 25.8 Å². The lowest BCUT2D eigenvalue weighted by atomic mass is 9.89. The third-order valence-electron chi connectivity index (χ3n) is 6.54. The van der Waals surface area contributed by atoms with E-state index in [1.165, 1.54) is 69.1 Å². The number of fused-ring (bicyclic) bond motifs is 1. The van der Waals surface area contributed by atoms with Crippen LogP contribution in [0.15, 0.2) is 43.1 Å². The molecule has 3 aromatic rings. The molecule has 1 saturated heterocycles. The molecule has 1 aliphatic heterocycles. The SMILES string of the molecule is c1cc2ccn(CC3CCN(CC4CCCCC4)C3)c2cc1-n1cnnc1. The molecule has 2 aromatic heterocycles. The minimum Gasteiger partial charge on any atom is -0.347 e. The summed E-state index contributed by atoms with van der Waals surface area (Å²) in [4.78, 5) is 2.73. The molecule has 3 heterocycles. The second-order valence-electron chi connectivity index (χ2n) is 8.50. The Kier molecular flexibility index (Phi) is 4.70. The molecule has 1 saturated carbocycles. The van der Waals surface area contributed by atoms with Crippen molar-refractivity contribution < 1.29 is 0 Å². The Morgan fingerprint density at radius 1 is 0.889 bits per heavy atom. The first-order chi connectivity index (χ1) is 13.3. The van der Waals surface area contributed by atoms with E-state index in [1.807, 2.05) is 4.57 Å². The van der Waals surface area contributed by atoms with E-state index in [-0.39, 0.29) is 0 Å². The van der Waals surface area contributed by atoms with Gasteiger partial charge in [-0.05, 0) is 61.2 Å². The van der Waals surface area contributed by atoms with Crippen molar-refractivity contribution in [2.75, 3.05) is 19.6 Å². The topological polar surface area (TPSA) is 38.9 Å². The lowest BCUT2D eigenvalue weighted by Crippen LogP contribution is -2.29. The molecular formula is C22H29N5. The molecule has 1 aromatic carbocycles. The zero-order valence-electron chi connectivity index (χ0n) is 16.0. The highest BCUT2D eigenvalue weighted by Gasteiger charge is 2.25. The van der Waals surface area contributed by atoms with Crippen LogP contribution in [0.5, 0.6) is 0 Å². The Hall–Kier alpha value is -2.14. The van der Waals surface area contributed by atoms with Crippen molar-refractivity contribution >= 4 is 10.9 Å². The van der Waals surface area contributed by atoms with Crippen LogP contribution in [0.3, 0.4) is 0 Å². The first kappa shape index (κ1) is 17.0. The van der Waals surface area contributed by atoms with Crippen LogP contribution in [0, 0.1) is 11.8 Å². The molecule has 2 fully saturated rings. The summed E-state index contributed by atoms with van der Waals surface area (Å²) in [6, 6.07) is 8.83. The lowest BCUT2D eigenvalue weighted by molar-refractivity contribution is 0.226. The van der Waals surface area contributed by atoms with Gasteiger partial charge in [0.15, 0.2) is 0 Å². The van der Waals surface area contributed by atoms with Crippen LogP contribution in [0.1, 0.15) is 38.5 Å². The number of rotatable bonds is 5. The molecule has 2 aliphatic rings. The molecule has 1 unspecified atom stereocenters. The molecule has 5 rings (SSSR count). The van der Waals surface area contributed by atoms with Gasteiger partial charge in [0.05, 0.1) is 11.2 Å². The van der Waals surface area contributed by atoms with Crippen molar-refractivity contribution in [1.82, 2.24) is 24.2 Å². The number of benzene rings is 1. The summed E-state index contributed by atoms with van der Waals surface area (Å²) < 4.78 is 4.41. The van der Waals surface area contributed by atoms with E-state index in [4.69, 9.17) is 0 Å². The van der Waals surface area contributed by atoms with E-state index in [1.54, 1.807) is 12.7 Å². The molecule has 0 amide bonds. The summed E-state index contributed by atoms with van der Waals surface area (Å²) in [5.74, 6) is 1.72. The molecule has 27 heavy (non-hydrogen) atoms. The van der Waals surface area contributed by atoms with Crippen LogP contribution in [-0.2, 0) is 6.54 Å². The van der Waals surface area contributed by atoms with Crippen molar-refractivity contribution in [3.05, 3.63) is 43.1 Å². The maximum Gasteiger partial charge on any atom is 0.123 e. The van der Waals surface area contributed by atoms with E-state index in [0.29, 0.717) is 0 Å². The molecule has 5 heteroatoms. The summed E-state index contributed by atoms with van der Waals surface area (Å²) in [5, 5.41) is 9.17. The van der Waals surface area contributed by atoms with Gasteiger partial charge < -0.3 is 9.47 Å². The van der Waals surface area contributed by atoms with Crippen LogP contribution < -0.4 is 0 Å². The van der Waals surface area contributed by atoms with E-state index in [2.05, 4.69) is 50.1 Å². The van der Waals surface area contributed by atoms with Crippen LogP contribution in [0.2, 0.25) is 0 Å². The normalized spacial score (nSPS) is 22.0. The highest BCUT2D eigenvalue weighted by molar-refractivity contribution is 5.82. The molecule has 142 valence electrons. The van der Waals surface area contributed by atoms with Gasteiger partial charge in [0.2, 0.25) is 0 Å². The fourth-order valence-corrected chi connectivity index (χ4v) is 5.07. The molecule has 0 spiro atoms. The summed E-state index contributed by atoms with van der Waals surface area (Å²) in [6.07, 6.45) is 14.4. The second kappa shape index (κ2) is 7.47. The van der Waals surface area contributed by atoms with Gasteiger partial charge in [-0.25, -0.2) is 0 Å². The first-order valence-electron chi connectivity index (χ1n) is 10.5. The fourth-order valence-electron chi connectivity index (χ4n) is 5.07. The highest BCUT2D eigenvalue weighted by atomic mass is 15.2. The average molecular weight is 364 g/mol. The third kappa shape index (κ3) is 3.65. The Morgan fingerprint density at radius 2 is 1.74 bits per heavy atom. The zero-order chi connectivity index (χ0) is 18.1. The van der Waals surface area contributed by atoms with E-state index >= 15 is 0 Å². The van der Waals surface area contributed by atoms with E-state index in [9.17, 15) is 0 Å². The number of hydrogen-bond donors (Lipinski definition) is 0. The van der Waals surface area contributed by atoms with Crippen molar-refractivity contribution in [3.63, 3.8) is 0 Å². The van der Waals surface area contributed by atoms with Gasteiger partial charge in [0.1, 0.15) is 12.7 Å². The zero-order valence-corrected chi connectivity index (χ0v) is 16.0. The molecule has 1 atom stereocenters. The minimum absolute atomic E-state index is 0.766. The van der Waals surface area contributed by atoms with Gasteiger partial charge in [-0.2, -0.15) is 0 Å². The van der Waals surface area contributed by atoms with Gasteiger partial charge >= 0.3 is 0 Å². The smallest absolute Gasteiger partial charge is 0.123 e. The quantitative estimate of drug-likeness (QED) is 0.684. The van der Waals surface area contributed by atoms with Crippen LogP contribution in [0.4, 0.5) is 0 Å². The Bertz CT molecular complexity index is 875. The molecule has 1 aliphatic carbocycles. The standard InChI is InChI=1S/C22H29N5/c1-2-4-18(5-3-1)13-25-10-8-19(14-25)15-26-11-9-20-6-7-21(12-22(20)26)27-16-23-24-17-27/h6-7,9,11-12,16-19H,1-5,8,10,13-15H2. The Balaban J connectivity index is 1.27. The molecule has 0 radical (unpaired) electrons. The number of aromatic nitrogens is 4. The number of hydrogen-bond acceptors (Lipinski definition) is 3. The van der Waals surface area contributed by atoms with Gasteiger partial charge in [-0.3, -0.25) is 4.57 Å². The average Bonchev–Trinajstić information content (AvgIpc) is 3.45. The van der Waals surface area contributed by atoms with Gasteiger partial charge in [0.25, 0.3) is 0 Å². The summed E-state index contributed by atoms with van der Waals surface area (Å²) in [6.45, 7) is 5.00. The first-order valence-corrected chi connectivity index (χ1v) is 10.5. The minimum atomic E-state index is 0.766. The number of nitrogens with zero attached hydrogens (tertiary/aromatic N) is 5. The predicted octanol–water partition coefficient (Wildman–Crippen LogP) is 4.12. The van der Waals surface area contributed by atoms with Gasteiger partial charge in [-0.15, -0.1) is 10.2 Å². The third-order valence-corrected chi connectivity index (χ3v) is 6.54. The van der Waals surface area contributed by atoms with Crippen molar-refractivity contribution in [2.24, 2.45) is 11.8 Å². The largest absolute Gasteiger partial charge is 0.347 e. The maximum atomic E-state index is 3.93. The monoisotopic (exact) mass is 363 g/mol. The Labute approximate surface area is 161 Å². The summed E-state index contributed by atoms with van der Waals surface area (Å²) >= 11 is 0. The molecule has 0 N–H and O–H groups in total. The summed E-state index contributed by atoms with van der Waals surface area (Å²) in [5.41, 5.74) is 2.43. The lowest BCUT2D eigenvalue weighted by Gasteiger charge is -2.26. The molecule has 0 bridgehead atoms. The highest BCUT2D eigenvalue weighted by Crippen LogP contribution is 2.28. The maximum absolute atomic E-state index is 3.93. The van der Waals surface area contributed by atoms with Crippen LogP contribution in [0.25, 0.3) is 16.6 Å². The van der Waals surface area contributed by atoms with Crippen molar-refractivity contribution in [2.45, 2.75) is 45.1 Å². The van der Waals surface area contributed by atoms with Crippen molar-refractivity contribution in [1.29, 1.82) is 0 Å². The van der Waals surface area contributed by atoms with Crippen molar-refractivity contribution in [3.8, 4) is 5.69 Å². The molecule has 5 nitrogen and oxygen atoms in total. The van der Waals surface area contributed by atoms with E-state index in [0.717, 1.165) is 24.1 Å². The number of likely N-dealkylation sites (tertiary alicyclic amines) is 1. The van der Waals surface area contributed by atoms with Crippen LogP contribution in [-0.4, -0.2) is 43.9 Å². The fraction of sp³-hybridized carbons (Fsp3) is 0.545. The van der Waals surface area contributed by atoms with Crippen LogP contribution >= 0.6 is 0 Å². The second-order valence-corrected chi connectivity index (χ2v) is 8.50. The van der Waals surface area contributed by atoms with E-state index < -0.39 is 0 Å². The Morgan fingerprint density at radius 3 is 2.59 bits per heavy atom. The molecular weight excluding hydrogens is 334 g/mol.